The molecule has 0 aromatic carbocycles. The van der Waals surface area contributed by atoms with Gasteiger partial charge in [0.2, 0.25) is 0 Å². The zero-order valence-electron chi connectivity index (χ0n) is 9.91. The van der Waals surface area contributed by atoms with Crippen LogP contribution in [-0.4, -0.2) is 17.3 Å². The van der Waals surface area contributed by atoms with Gasteiger partial charge in [0.15, 0.2) is 0 Å². The number of hydrogen-bond donors (Lipinski definition) is 2. The van der Waals surface area contributed by atoms with Crippen molar-refractivity contribution in [2.24, 2.45) is 0 Å². The second kappa shape index (κ2) is 5.80. The summed E-state index contributed by atoms with van der Waals surface area (Å²) in [4.78, 5) is 1.43. The minimum atomic E-state index is -0.140. The number of thiophene rings is 1. The highest BCUT2D eigenvalue weighted by molar-refractivity contribution is 7.10. The van der Waals surface area contributed by atoms with Crippen LogP contribution in [0.3, 0.4) is 0 Å². The van der Waals surface area contributed by atoms with Crippen LogP contribution in [0, 0.1) is 0 Å². The highest BCUT2D eigenvalue weighted by Crippen LogP contribution is 2.21. The summed E-state index contributed by atoms with van der Waals surface area (Å²) in [5, 5.41) is 15.5. The lowest BCUT2D eigenvalue weighted by Crippen LogP contribution is -2.41. The Labute approximate surface area is 102 Å². The van der Waals surface area contributed by atoms with Gasteiger partial charge in [0, 0.05) is 17.5 Å². The van der Waals surface area contributed by atoms with Crippen LogP contribution in [0.1, 0.15) is 43.0 Å². The Kier molecular flexibility index (Phi) is 4.38. The van der Waals surface area contributed by atoms with Crippen LogP contribution < -0.4 is 5.32 Å². The van der Waals surface area contributed by atoms with E-state index in [9.17, 15) is 5.11 Å². The van der Waals surface area contributed by atoms with Crippen molar-refractivity contribution in [1.29, 1.82) is 0 Å². The van der Waals surface area contributed by atoms with Gasteiger partial charge in [-0.2, -0.15) is 0 Å². The zero-order valence-corrected chi connectivity index (χ0v) is 10.7. The molecule has 2 N–H and O–H groups in total. The molecule has 2 rings (SSSR count). The molecule has 0 aliphatic heterocycles. The fraction of sp³-hybridized carbons (Fsp3) is 0.692. The Morgan fingerprint density at radius 3 is 3.00 bits per heavy atom. The largest absolute Gasteiger partial charge is 0.392 e. The standard InChI is InChI=1S/C13H21NOS/c1-2-10-7-8-16-13(10)9-14-11-5-3-4-6-12(11)15/h7-8,11-12,14-15H,2-6,9H2,1H3/t11-,12-/m1/s1. The predicted octanol–water partition coefficient (Wildman–Crippen LogP) is 2.70. The molecular formula is C13H21NOS. The Bertz CT molecular complexity index is 323. The molecule has 3 heteroatoms. The van der Waals surface area contributed by atoms with Gasteiger partial charge in [-0.25, -0.2) is 0 Å². The van der Waals surface area contributed by atoms with Crippen LogP contribution in [-0.2, 0) is 13.0 Å². The van der Waals surface area contributed by atoms with Crippen molar-refractivity contribution in [3.63, 3.8) is 0 Å². The minimum absolute atomic E-state index is 0.140. The third-order valence-corrected chi connectivity index (χ3v) is 4.44. The highest BCUT2D eigenvalue weighted by Gasteiger charge is 2.22. The summed E-state index contributed by atoms with van der Waals surface area (Å²) in [6.45, 7) is 3.11. The monoisotopic (exact) mass is 239 g/mol. The predicted molar refractivity (Wildman–Crippen MR) is 68.8 cm³/mol. The Hall–Kier alpha value is -0.380. The van der Waals surface area contributed by atoms with Crippen molar-refractivity contribution in [3.8, 4) is 0 Å². The van der Waals surface area contributed by atoms with Crippen LogP contribution in [0.15, 0.2) is 11.4 Å². The zero-order chi connectivity index (χ0) is 11.4. The second-order valence-electron chi connectivity index (χ2n) is 4.56. The van der Waals surface area contributed by atoms with Gasteiger partial charge < -0.3 is 10.4 Å². The maximum absolute atomic E-state index is 9.86. The molecule has 1 aromatic heterocycles. The van der Waals surface area contributed by atoms with E-state index in [0.717, 1.165) is 25.8 Å². The fourth-order valence-electron chi connectivity index (χ4n) is 2.41. The molecule has 0 bridgehead atoms. The van der Waals surface area contributed by atoms with Gasteiger partial charge in [-0.3, -0.25) is 0 Å². The summed E-state index contributed by atoms with van der Waals surface area (Å²) in [5.74, 6) is 0. The second-order valence-corrected chi connectivity index (χ2v) is 5.56. The van der Waals surface area contributed by atoms with E-state index in [4.69, 9.17) is 0 Å². The summed E-state index contributed by atoms with van der Waals surface area (Å²) < 4.78 is 0. The van der Waals surface area contributed by atoms with Crippen LogP contribution in [0.2, 0.25) is 0 Å². The Morgan fingerprint density at radius 1 is 1.44 bits per heavy atom. The van der Waals surface area contributed by atoms with Crippen LogP contribution in [0.5, 0.6) is 0 Å². The molecule has 1 saturated carbocycles. The number of aliphatic hydroxyl groups is 1. The first-order valence-corrected chi connectivity index (χ1v) is 7.16. The Morgan fingerprint density at radius 2 is 2.25 bits per heavy atom. The highest BCUT2D eigenvalue weighted by atomic mass is 32.1. The number of nitrogens with one attached hydrogen (secondary N) is 1. The molecule has 90 valence electrons. The van der Waals surface area contributed by atoms with E-state index in [1.54, 1.807) is 0 Å². The molecule has 1 aliphatic rings. The molecule has 0 saturated heterocycles. The SMILES string of the molecule is CCc1ccsc1CN[C@@H]1CCCC[C@H]1O. The topological polar surface area (TPSA) is 32.3 Å². The van der Waals surface area contributed by atoms with Gasteiger partial charge in [-0.15, -0.1) is 11.3 Å². The molecule has 1 heterocycles. The molecule has 0 unspecified atom stereocenters. The van der Waals surface area contributed by atoms with E-state index in [1.165, 1.54) is 23.3 Å². The van der Waals surface area contributed by atoms with E-state index in [-0.39, 0.29) is 6.10 Å². The molecule has 2 nitrogen and oxygen atoms in total. The van der Waals surface area contributed by atoms with Crippen LogP contribution in [0.4, 0.5) is 0 Å². The lowest BCUT2D eigenvalue weighted by atomic mass is 9.92. The van der Waals surface area contributed by atoms with Crippen molar-refractivity contribution >= 4 is 11.3 Å². The molecule has 0 radical (unpaired) electrons. The van der Waals surface area contributed by atoms with Gasteiger partial charge in [-0.1, -0.05) is 19.8 Å². The summed E-state index contributed by atoms with van der Waals surface area (Å²) in [7, 11) is 0. The van der Waals surface area contributed by atoms with Gasteiger partial charge in [0.05, 0.1) is 6.10 Å². The van der Waals surface area contributed by atoms with E-state index in [1.807, 2.05) is 11.3 Å². The van der Waals surface area contributed by atoms with Crippen LogP contribution in [0.25, 0.3) is 0 Å². The molecule has 2 atom stereocenters. The van der Waals surface area contributed by atoms with E-state index >= 15 is 0 Å². The van der Waals surface area contributed by atoms with Gasteiger partial charge in [0.25, 0.3) is 0 Å². The maximum Gasteiger partial charge on any atom is 0.0693 e. The quantitative estimate of drug-likeness (QED) is 0.846. The number of aryl methyl sites for hydroxylation is 1. The molecule has 1 aromatic rings. The maximum atomic E-state index is 9.86. The summed E-state index contributed by atoms with van der Waals surface area (Å²) in [6.07, 6.45) is 5.47. The molecular weight excluding hydrogens is 218 g/mol. The first-order valence-electron chi connectivity index (χ1n) is 6.28. The van der Waals surface area contributed by atoms with Gasteiger partial charge in [-0.05, 0) is 36.3 Å². The van der Waals surface area contributed by atoms with Crippen molar-refractivity contribution in [1.82, 2.24) is 5.32 Å². The number of aliphatic hydroxyl groups excluding tert-OH is 1. The lowest BCUT2D eigenvalue weighted by Gasteiger charge is -2.28. The normalized spacial score (nSPS) is 25.9. The van der Waals surface area contributed by atoms with Crippen molar-refractivity contribution in [2.45, 2.75) is 57.7 Å². The van der Waals surface area contributed by atoms with E-state index < -0.39 is 0 Å². The van der Waals surface area contributed by atoms with Gasteiger partial charge >= 0.3 is 0 Å². The average Bonchev–Trinajstić information content (AvgIpc) is 2.75. The third kappa shape index (κ3) is 2.84. The molecule has 0 spiro atoms. The minimum Gasteiger partial charge on any atom is -0.392 e. The average molecular weight is 239 g/mol. The lowest BCUT2D eigenvalue weighted by molar-refractivity contribution is 0.0903. The summed E-state index contributed by atoms with van der Waals surface area (Å²) >= 11 is 1.82. The first-order chi connectivity index (χ1) is 7.81. The van der Waals surface area contributed by atoms with Crippen molar-refractivity contribution in [3.05, 3.63) is 21.9 Å². The van der Waals surface area contributed by atoms with Crippen molar-refractivity contribution < 1.29 is 5.11 Å². The summed E-state index contributed by atoms with van der Waals surface area (Å²) in [5.41, 5.74) is 1.45. The number of rotatable bonds is 4. The van der Waals surface area contributed by atoms with Crippen molar-refractivity contribution in [2.75, 3.05) is 0 Å². The number of hydrogen-bond acceptors (Lipinski definition) is 3. The van der Waals surface area contributed by atoms with Gasteiger partial charge in [0.1, 0.15) is 0 Å². The van der Waals surface area contributed by atoms with E-state index in [2.05, 4.69) is 23.7 Å². The first kappa shape index (κ1) is 12.1. The molecule has 1 fully saturated rings. The summed E-state index contributed by atoms with van der Waals surface area (Å²) in [6, 6.07) is 2.51. The van der Waals surface area contributed by atoms with E-state index in [0.29, 0.717) is 6.04 Å². The molecule has 0 amide bonds. The fourth-order valence-corrected chi connectivity index (χ4v) is 3.34. The molecule has 1 aliphatic carbocycles. The molecule has 16 heavy (non-hydrogen) atoms. The Balaban J connectivity index is 1.86. The van der Waals surface area contributed by atoms with Crippen LogP contribution >= 0.6 is 11.3 Å². The smallest absolute Gasteiger partial charge is 0.0693 e. The third-order valence-electron chi connectivity index (χ3n) is 3.47.